The molecule has 1 unspecified atom stereocenters. The van der Waals surface area contributed by atoms with E-state index in [9.17, 15) is 52.7 Å². The summed E-state index contributed by atoms with van der Waals surface area (Å²) in [7, 11) is -10.5. The summed E-state index contributed by atoms with van der Waals surface area (Å²) in [5, 5.41) is 0.361. The van der Waals surface area contributed by atoms with Gasteiger partial charge in [0, 0.05) is 12.7 Å². The van der Waals surface area contributed by atoms with Crippen molar-refractivity contribution in [2.45, 2.75) is 29.6 Å². The largest absolute Gasteiger partial charge is 0.522 e. The van der Waals surface area contributed by atoms with Gasteiger partial charge in [0.15, 0.2) is 5.83 Å². The van der Waals surface area contributed by atoms with Crippen LogP contribution in [0.5, 0.6) is 10.9 Å². The van der Waals surface area contributed by atoms with Gasteiger partial charge in [-0.3, -0.25) is 9.35 Å². The van der Waals surface area contributed by atoms with Crippen LogP contribution >= 0.6 is 11.3 Å². The number of amides is 1. The molecule has 22 heteroatoms. The Morgan fingerprint density at radius 2 is 1.58 bits per heavy atom. The van der Waals surface area contributed by atoms with Crippen LogP contribution in [-0.2, 0) is 31.4 Å². The van der Waals surface area contributed by atoms with Gasteiger partial charge in [0.05, 0.1) is 16.5 Å². The first-order valence-electron chi connectivity index (χ1n) is 11.7. The molecule has 248 valence electrons. The molecule has 2 aromatic carbocycles. The fourth-order valence-electron chi connectivity index (χ4n) is 3.51. The Morgan fingerprint density at radius 3 is 2.09 bits per heavy atom. The maximum atomic E-state index is 14.8. The molecule has 0 saturated heterocycles. The number of hydrogen-bond donors (Lipinski definition) is 2. The second kappa shape index (κ2) is 12.3. The molecule has 0 bridgehead atoms. The topological polar surface area (TPSA) is 143 Å². The van der Waals surface area contributed by atoms with E-state index in [1.165, 1.54) is 35.6 Å². The van der Waals surface area contributed by atoms with Gasteiger partial charge < -0.3 is 9.64 Å². The predicted octanol–water partition coefficient (Wildman–Crippen LogP) is 5.16. The highest BCUT2D eigenvalue weighted by molar-refractivity contribution is 7.89. The van der Waals surface area contributed by atoms with Crippen molar-refractivity contribution >= 4 is 47.6 Å². The van der Waals surface area contributed by atoms with Gasteiger partial charge in [-0.15, -0.1) is 0 Å². The summed E-state index contributed by atoms with van der Waals surface area (Å²) < 4.78 is 174. The quantitative estimate of drug-likeness (QED) is 0.147. The number of alkyl halides is 8. The van der Waals surface area contributed by atoms with E-state index in [1.807, 2.05) is 24.3 Å². The van der Waals surface area contributed by atoms with Crippen molar-refractivity contribution in [3.63, 3.8) is 0 Å². The van der Waals surface area contributed by atoms with Crippen LogP contribution in [0.1, 0.15) is 5.56 Å². The van der Waals surface area contributed by atoms with Crippen molar-refractivity contribution in [2.24, 2.45) is 0 Å². The van der Waals surface area contributed by atoms with Crippen LogP contribution in [0.3, 0.4) is 0 Å². The highest BCUT2D eigenvalue weighted by Crippen LogP contribution is 2.53. The normalized spacial score (nSPS) is 19.7. The summed E-state index contributed by atoms with van der Waals surface area (Å²) >= 11 is 1.30. The smallest absolute Gasteiger partial charge is 0.431 e. The molecular formula is C23H18F9N3O7S3. The number of thiazole rings is 1. The van der Waals surface area contributed by atoms with Gasteiger partial charge in [0.25, 0.3) is 11.1 Å². The number of rotatable bonds is 7. The Kier molecular flexibility index (Phi) is 9.79. The number of ether oxygens (including phenoxy) is 1. The molecule has 0 aliphatic carbocycles. The van der Waals surface area contributed by atoms with E-state index in [0.717, 1.165) is 14.9 Å². The van der Waals surface area contributed by atoms with E-state index >= 15 is 0 Å². The minimum Gasteiger partial charge on any atom is -0.431 e. The van der Waals surface area contributed by atoms with Gasteiger partial charge in [-0.2, -0.15) is 39.2 Å². The maximum Gasteiger partial charge on any atom is 0.522 e. The van der Waals surface area contributed by atoms with Gasteiger partial charge in [-0.1, -0.05) is 35.6 Å². The molecule has 4 rings (SSSR count). The molecular weight excluding hydrogens is 697 g/mol. The van der Waals surface area contributed by atoms with Crippen LogP contribution in [0, 0.1) is 0 Å². The number of nitrogens with zero attached hydrogens (tertiary/aromatic N) is 2. The number of hydrogen-bond acceptors (Lipinski definition) is 9. The molecule has 1 atom stereocenters. The van der Waals surface area contributed by atoms with Crippen molar-refractivity contribution in [1.29, 1.82) is 0 Å². The van der Waals surface area contributed by atoms with Gasteiger partial charge in [-0.05, 0) is 36.2 Å². The minimum atomic E-state index is -5.94. The minimum absolute atomic E-state index is 0.260. The Labute approximate surface area is 251 Å². The molecule has 3 aromatic rings. The van der Waals surface area contributed by atoms with Crippen molar-refractivity contribution in [3.05, 3.63) is 66.1 Å². The van der Waals surface area contributed by atoms with Crippen LogP contribution in [0.2, 0.25) is 0 Å². The van der Waals surface area contributed by atoms with E-state index in [2.05, 4.69) is 4.98 Å². The van der Waals surface area contributed by atoms with E-state index in [-0.39, 0.29) is 18.9 Å². The third-order valence-electron chi connectivity index (χ3n) is 5.70. The van der Waals surface area contributed by atoms with Crippen molar-refractivity contribution in [3.8, 4) is 10.9 Å². The third kappa shape index (κ3) is 7.61. The van der Waals surface area contributed by atoms with Crippen LogP contribution < -0.4 is 9.46 Å². The summed E-state index contributed by atoms with van der Waals surface area (Å²) in [5.41, 5.74) is -9.66. The number of carbonyl (C=O) groups is 1. The third-order valence-corrected chi connectivity index (χ3v) is 7.75. The van der Waals surface area contributed by atoms with Gasteiger partial charge in [0.2, 0.25) is 10.0 Å². The zero-order valence-electron chi connectivity index (χ0n) is 22.0. The first kappa shape index (κ1) is 35.8. The molecule has 0 saturated carbocycles. The van der Waals surface area contributed by atoms with E-state index < -0.39 is 66.5 Å². The van der Waals surface area contributed by atoms with Crippen molar-refractivity contribution in [2.75, 3.05) is 12.8 Å². The van der Waals surface area contributed by atoms with Crippen LogP contribution in [-0.4, -0.2) is 73.1 Å². The maximum absolute atomic E-state index is 14.8. The highest BCUT2D eigenvalue weighted by atomic mass is 32.2. The molecule has 1 amide bonds. The van der Waals surface area contributed by atoms with Gasteiger partial charge in [0.1, 0.15) is 5.75 Å². The van der Waals surface area contributed by atoms with Gasteiger partial charge >= 0.3 is 33.3 Å². The van der Waals surface area contributed by atoms with Crippen LogP contribution in [0.4, 0.5) is 39.5 Å². The molecule has 1 aliphatic rings. The lowest BCUT2D eigenvalue weighted by molar-refractivity contribution is -0.317. The second-order valence-corrected chi connectivity index (χ2v) is 13.2. The summed E-state index contributed by atoms with van der Waals surface area (Å²) in [5.74, 6) is -10.9. The Morgan fingerprint density at radius 1 is 1.02 bits per heavy atom. The van der Waals surface area contributed by atoms with E-state index in [4.69, 9.17) is 17.7 Å². The van der Waals surface area contributed by atoms with Gasteiger partial charge in [-0.25, -0.2) is 26.9 Å². The number of sulfonamides is 1. The summed E-state index contributed by atoms with van der Waals surface area (Å²) in [4.78, 5) is 15.6. The first-order valence-corrected chi connectivity index (χ1v) is 15.8. The predicted molar refractivity (Wildman–Crippen MR) is 140 cm³/mol. The van der Waals surface area contributed by atoms with Crippen LogP contribution in [0.25, 0.3) is 10.2 Å². The number of fused-ring (bicyclic) bond motifs is 1. The molecule has 1 aromatic heterocycles. The van der Waals surface area contributed by atoms with E-state index in [0.29, 0.717) is 16.5 Å². The zero-order chi connectivity index (χ0) is 34.2. The molecule has 1 aliphatic heterocycles. The lowest BCUT2D eigenvalue weighted by atomic mass is 9.89. The fourth-order valence-corrected chi connectivity index (χ4v) is 4.82. The molecule has 45 heavy (non-hydrogen) atoms. The molecule has 2 N–H and O–H groups in total. The molecule has 0 fully saturated rings. The number of para-hydroxylation sites is 1. The molecule has 2 heterocycles. The first-order chi connectivity index (χ1) is 20.4. The number of carbonyl (C=O) groups excluding carboxylic acids is 1. The summed E-state index contributed by atoms with van der Waals surface area (Å²) in [6.07, 6.45) is -0.272. The lowest BCUT2D eigenvalue weighted by Crippen LogP contribution is -2.70. The SMILES string of the molecule is CS(=O)(=O)NC(=O)C1(F)C(F)=CN(CCc2ccc(Oc3nc4ccccc4s3)cc2)C(F)(F)C1(F)F.O=S(=O)(O)C(F)(F)F. The summed E-state index contributed by atoms with van der Waals surface area (Å²) in [6.45, 7) is -0.891. The Hall–Kier alpha value is -3.63. The molecule has 0 spiro atoms. The highest BCUT2D eigenvalue weighted by Gasteiger charge is 2.80. The fraction of sp³-hybridized carbons (Fsp3) is 0.304. The Balaban J connectivity index is 0.000000610. The van der Waals surface area contributed by atoms with Crippen molar-refractivity contribution in [1.82, 2.24) is 14.6 Å². The summed E-state index contributed by atoms with van der Waals surface area (Å²) in [6, 6.07) is 7.87. The molecule has 10 nitrogen and oxygen atoms in total. The average Bonchev–Trinajstić information content (AvgIpc) is 3.30. The average molecular weight is 716 g/mol. The van der Waals surface area contributed by atoms with E-state index in [1.54, 1.807) is 0 Å². The standard InChI is InChI=1S/C22H17F6N3O4S2.CHF3O3S/c1-37(33,34)30-18(32)20(24)17(23)12-31(22(27,28)21(20,25)26)11-10-13-6-8-14(9-7-13)35-19-29-15-4-2-3-5-16(15)36-19;2-1(3,4)8(5,6)7/h2-9,12H,10-11H2,1H3,(H,30,32);(H,5,6,7). The molecule has 0 radical (unpaired) electrons. The number of halogens is 9. The zero-order valence-corrected chi connectivity index (χ0v) is 24.5. The van der Waals surface area contributed by atoms with Crippen LogP contribution in [0.15, 0.2) is 60.6 Å². The number of aromatic nitrogens is 1. The lowest BCUT2D eigenvalue weighted by Gasteiger charge is -2.44. The number of nitrogens with one attached hydrogen (secondary N) is 1. The van der Waals surface area contributed by atoms with Crippen molar-refractivity contribution < 1.29 is 70.4 Å². The number of benzene rings is 2. The Bertz CT molecular complexity index is 1780. The monoisotopic (exact) mass is 715 g/mol. The second-order valence-electron chi connectivity index (χ2n) is 9.01.